The molecule has 0 saturated heterocycles. The summed E-state index contributed by atoms with van der Waals surface area (Å²) in [5.74, 6) is -0.381. The third-order valence-corrected chi connectivity index (χ3v) is 1.71. The highest BCUT2D eigenvalue weighted by atomic mass is 35.5. The molecule has 1 N–H and O–H groups in total. The molecule has 0 aromatic rings. The largest absolute Gasteiger partial charge is 0.462 e. The maximum atomic E-state index is 11.0. The summed E-state index contributed by atoms with van der Waals surface area (Å²) in [7, 11) is 1.56. The third kappa shape index (κ3) is 4.54. The van der Waals surface area contributed by atoms with Gasteiger partial charge >= 0.3 is 5.97 Å². The van der Waals surface area contributed by atoms with Gasteiger partial charge in [-0.05, 0) is 25.6 Å². The Labute approximate surface area is 77.3 Å². The minimum absolute atomic E-state index is 0.0866. The van der Waals surface area contributed by atoms with E-state index in [1.54, 1.807) is 14.0 Å². The summed E-state index contributed by atoms with van der Waals surface area (Å²) in [5, 5.41) is 0. The Bertz CT molecular complexity index is 143. The fourth-order valence-corrected chi connectivity index (χ4v) is 0.526. The topological polar surface area (TPSA) is 47.6 Å². The normalized spacial score (nSPS) is 15.3. The molecule has 0 heterocycles. The molecule has 0 aliphatic carbocycles. The second-order valence-electron chi connectivity index (χ2n) is 2.51. The fourth-order valence-electron chi connectivity index (χ4n) is 0.437. The molecule has 0 unspecified atom stereocenters. The van der Waals surface area contributed by atoms with Crippen molar-refractivity contribution in [3.63, 3.8) is 0 Å². The number of ether oxygens (including phenoxy) is 2. The molecular weight excluding hydrogens is 182 g/mol. The van der Waals surface area contributed by atoms with E-state index < -0.39 is 6.04 Å². The van der Waals surface area contributed by atoms with Crippen LogP contribution in [0.3, 0.4) is 0 Å². The number of carbonyl (C=O) groups is 1. The monoisotopic (exact) mass is 195 g/mol. The van der Waals surface area contributed by atoms with Gasteiger partial charge < -0.3 is 9.47 Å². The first-order valence-corrected chi connectivity index (χ1v) is 4.05. The number of esters is 1. The van der Waals surface area contributed by atoms with E-state index >= 15 is 0 Å². The Morgan fingerprint density at radius 1 is 1.58 bits per heavy atom. The van der Waals surface area contributed by atoms with Crippen molar-refractivity contribution in [1.29, 1.82) is 0 Å². The molecule has 0 amide bonds. The van der Waals surface area contributed by atoms with Crippen molar-refractivity contribution in [1.82, 2.24) is 4.84 Å². The van der Waals surface area contributed by atoms with Crippen molar-refractivity contribution in [2.24, 2.45) is 0 Å². The number of methoxy groups -OCH3 is 1. The predicted molar refractivity (Wildman–Crippen MR) is 45.9 cm³/mol. The summed E-state index contributed by atoms with van der Waals surface area (Å²) in [6.45, 7) is 3.68. The van der Waals surface area contributed by atoms with Gasteiger partial charge in [0.05, 0.1) is 6.10 Å². The summed E-state index contributed by atoms with van der Waals surface area (Å²) in [4.78, 5) is 13.2. The highest BCUT2D eigenvalue weighted by Gasteiger charge is 2.13. The first-order chi connectivity index (χ1) is 5.61. The van der Waals surface area contributed by atoms with Crippen molar-refractivity contribution in [3.8, 4) is 0 Å². The SMILES string of the molecule is CO[C@H](C)COC(=O)[C@H](C)NCl. The van der Waals surface area contributed by atoms with Crippen molar-refractivity contribution < 1.29 is 14.3 Å². The molecule has 0 fully saturated rings. The molecule has 4 nitrogen and oxygen atoms in total. The Hall–Kier alpha value is -0.320. The number of nitrogens with one attached hydrogen (secondary N) is 1. The molecule has 0 aromatic carbocycles. The van der Waals surface area contributed by atoms with Gasteiger partial charge in [0.2, 0.25) is 0 Å². The smallest absolute Gasteiger partial charge is 0.324 e. The van der Waals surface area contributed by atoms with E-state index in [2.05, 4.69) is 4.84 Å². The third-order valence-electron chi connectivity index (χ3n) is 1.38. The van der Waals surface area contributed by atoms with Gasteiger partial charge in [-0.25, -0.2) is 4.84 Å². The van der Waals surface area contributed by atoms with Gasteiger partial charge in [-0.2, -0.15) is 0 Å². The lowest BCUT2D eigenvalue weighted by molar-refractivity contribution is -0.148. The van der Waals surface area contributed by atoms with Gasteiger partial charge in [0.1, 0.15) is 12.6 Å². The van der Waals surface area contributed by atoms with Crippen LogP contribution in [-0.2, 0) is 14.3 Å². The van der Waals surface area contributed by atoms with Crippen molar-refractivity contribution in [2.75, 3.05) is 13.7 Å². The van der Waals surface area contributed by atoms with Gasteiger partial charge in [-0.3, -0.25) is 4.79 Å². The molecule has 0 saturated carbocycles. The first-order valence-electron chi connectivity index (χ1n) is 3.67. The van der Waals surface area contributed by atoms with Gasteiger partial charge in [0.25, 0.3) is 0 Å². The Morgan fingerprint density at radius 2 is 2.17 bits per heavy atom. The maximum Gasteiger partial charge on any atom is 0.324 e. The first kappa shape index (κ1) is 11.7. The van der Waals surface area contributed by atoms with Crippen molar-refractivity contribution >= 4 is 17.7 Å². The molecule has 0 radical (unpaired) electrons. The van der Waals surface area contributed by atoms with Gasteiger partial charge in [0, 0.05) is 7.11 Å². The molecule has 0 aliphatic rings. The Balaban J connectivity index is 3.56. The lowest BCUT2D eigenvalue weighted by atomic mass is 10.4. The fraction of sp³-hybridized carbons (Fsp3) is 0.857. The Kier molecular flexibility index (Phi) is 6.06. The van der Waals surface area contributed by atoms with E-state index in [1.807, 2.05) is 6.92 Å². The zero-order valence-corrected chi connectivity index (χ0v) is 8.22. The van der Waals surface area contributed by atoms with E-state index in [0.717, 1.165) is 0 Å². The maximum absolute atomic E-state index is 11.0. The lowest BCUT2D eigenvalue weighted by Crippen LogP contribution is -2.31. The number of hydrogen-bond acceptors (Lipinski definition) is 4. The van der Waals surface area contributed by atoms with Gasteiger partial charge in [-0.1, -0.05) is 0 Å². The van der Waals surface area contributed by atoms with Gasteiger partial charge in [0.15, 0.2) is 0 Å². The van der Waals surface area contributed by atoms with E-state index in [0.29, 0.717) is 0 Å². The lowest BCUT2D eigenvalue weighted by Gasteiger charge is -2.12. The minimum atomic E-state index is -0.490. The molecule has 12 heavy (non-hydrogen) atoms. The van der Waals surface area contributed by atoms with Crippen LogP contribution in [0.2, 0.25) is 0 Å². The second-order valence-corrected chi connectivity index (χ2v) is 2.73. The average molecular weight is 196 g/mol. The van der Waals surface area contributed by atoms with Crippen LogP contribution in [0, 0.1) is 0 Å². The van der Waals surface area contributed by atoms with Crippen LogP contribution in [0.1, 0.15) is 13.8 Å². The molecular formula is C7H14ClNO3. The van der Waals surface area contributed by atoms with E-state index in [9.17, 15) is 4.79 Å². The molecule has 0 aliphatic heterocycles. The number of hydrogen-bond donors (Lipinski definition) is 1. The molecule has 0 bridgehead atoms. The van der Waals surface area contributed by atoms with E-state index in [4.69, 9.17) is 21.3 Å². The van der Waals surface area contributed by atoms with Crippen LogP contribution in [0.4, 0.5) is 0 Å². The molecule has 0 spiro atoms. The standard InChI is InChI=1S/C7H14ClNO3/c1-5(11-3)4-12-7(10)6(2)9-8/h5-6,9H,4H2,1-3H3/t5-,6+/m1/s1. The van der Waals surface area contributed by atoms with Crippen molar-refractivity contribution in [3.05, 3.63) is 0 Å². The van der Waals surface area contributed by atoms with Gasteiger partial charge in [-0.15, -0.1) is 0 Å². The number of rotatable bonds is 5. The van der Waals surface area contributed by atoms with Crippen LogP contribution in [0.5, 0.6) is 0 Å². The van der Waals surface area contributed by atoms with Crippen LogP contribution in [0.25, 0.3) is 0 Å². The summed E-state index contributed by atoms with van der Waals surface area (Å²) in [6, 6.07) is -0.490. The summed E-state index contributed by atoms with van der Waals surface area (Å²) >= 11 is 5.21. The van der Waals surface area contributed by atoms with Crippen molar-refractivity contribution in [2.45, 2.75) is 26.0 Å². The van der Waals surface area contributed by atoms with Crippen LogP contribution < -0.4 is 4.84 Å². The van der Waals surface area contributed by atoms with E-state index in [-0.39, 0.29) is 18.7 Å². The number of halogens is 1. The summed E-state index contributed by atoms with van der Waals surface area (Å²) in [6.07, 6.45) is -0.0866. The predicted octanol–water partition coefficient (Wildman–Crippen LogP) is 0.696. The zero-order chi connectivity index (χ0) is 9.56. The quantitative estimate of drug-likeness (QED) is 0.518. The average Bonchev–Trinajstić information content (AvgIpc) is 2.11. The highest BCUT2D eigenvalue weighted by Crippen LogP contribution is 1.93. The molecule has 0 rings (SSSR count). The Morgan fingerprint density at radius 3 is 2.58 bits per heavy atom. The minimum Gasteiger partial charge on any atom is -0.462 e. The second kappa shape index (κ2) is 6.22. The van der Waals surface area contributed by atoms with Crippen LogP contribution >= 0.6 is 11.8 Å². The summed E-state index contributed by atoms with van der Waals surface area (Å²) in [5.41, 5.74) is 0. The molecule has 72 valence electrons. The number of carbonyl (C=O) groups excluding carboxylic acids is 1. The van der Waals surface area contributed by atoms with Crippen LogP contribution in [0.15, 0.2) is 0 Å². The molecule has 0 aromatic heterocycles. The van der Waals surface area contributed by atoms with E-state index in [1.165, 1.54) is 0 Å². The molecule has 5 heteroatoms. The summed E-state index contributed by atoms with van der Waals surface area (Å²) < 4.78 is 9.72. The van der Waals surface area contributed by atoms with Crippen LogP contribution in [-0.4, -0.2) is 31.8 Å². The zero-order valence-electron chi connectivity index (χ0n) is 7.46. The molecule has 2 atom stereocenters. The highest BCUT2D eigenvalue weighted by molar-refractivity contribution is 6.14.